The first-order valence-corrected chi connectivity index (χ1v) is 5.25. The third-order valence-electron chi connectivity index (χ3n) is 2.85. The molecule has 1 aromatic rings. The first-order valence-electron chi connectivity index (χ1n) is 5.25. The number of amides is 1. The van der Waals surface area contributed by atoms with Crippen molar-refractivity contribution in [3.8, 4) is 0 Å². The fraction of sp³-hybridized carbons (Fsp3) is 0.417. The minimum atomic E-state index is -0.112. The smallest absolute Gasteiger partial charge is 0.270 e. The quantitative estimate of drug-likeness (QED) is 0.727. The van der Waals surface area contributed by atoms with Crippen molar-refractivity contribution >= 4 is 5.91 Å². The van der Waals surface area contributed by atoms with E-state index in [-0.39, 0.29) is 11.8 Å². The van der Waals surface area contributed by atoms with Crippen LogP contribution in [0.2, 0.25) is 0 Å². The average molecular weight is 221 g/mol. The minimum absolute atomic E-state index is 0.0118. The summed E-state index contributed by atoms with van der Waals surface area (Å²) in [6.45, 7) is 0. The lowest BCUT2D eigenvalue weighted by molar-refractivity contribution is -0.318. The molecule has 1 aliphatic rings. The zero-order chi connectivity index (χ0) is 11.5. The highest BCUT2D eigenvalue weighted by Crippen LogP contribution is 2.48. The lowest BCUT2D eigenvalue weighted by Gasteiger charge is -2.15. The van der Waals surface area contributed by atoms with Crippen molar-refractivity contribution in [3.63, 3.8) is 0 Å². The topological polar surface area (TPSA) is 38.8 Å². The van der Waals surface area contributed by atoms with Crippen molar-refractivity contribution < 1.29 is 14.5 Å². The van der Waals surface area contributed by atoms with Crippen LogP contribution in [-0.4, -0.2) is 25.4 Å². The lowest BCUT2D eigenvalue weighted by Crippen LogP contribution is -2.30. The summed E-state index contributed by atoms with van der Waals surface area (Å²) in [7, 11) is 2.84. The van der Waals surface area contributed by atoms with E-state index in [1.165, 1.54) is 19.8 Å². The third-order valence-corrected chi connectivity index (χ3v) is 2.85. The van der Waals surface area contributed by atoms with Gasteiger partial charge in [0.1, 0.15) is 0 Å². The van der Waals surface area contributed by atoms with E-state index in [0.29, 0.717) is 5.92 Å². The van der Waals surface area contributed by atoms with E-state index in [4.69, 9.17) is 9.68 Å². The predicted molar refractivity (Wildman–Crippen MR) is 58.2 cm³/mol. The Bertz CT molecular complexity index is 362. The summed E-state index contributed by atoms with van der Waals surface area (Å²) in [6, 6.07) is 10.0. The molecule has 1 amide bonds. The van der Waals surface area contributed by atoms with Gasteiger partial charge in [-0.2, -0.15) is 0 Å². The fourth-order valence-electron chi connectivity index (χ4n) is 1.93. The van der Waals surface area contributed by atoms with E-state index < -0.39 is 0 Å². The summed E-state index contributed by atoms with van der Waals surface area (Å²) < 4.78 is 0. The number of rotatable bonds is 4. The maximum absolute atomic E-state index is 11.8. The van der Waals surface area contributed by atoms with Crippen LogP contribution in [-0.2, 0) is 14.5 Å². The molecule has 0 unspecified atom stereocenters. The molecule has 0 bridgehead atoms. The summed E-state index contributed by atoms with van der Waals surface area (Å²) >= 11 is 0. The highest BCUT2D eigenvalue weighted by molar-refractivity contribution is 5.81. The van der Waals surface area contributed by atoms with E-state index in [9.17, 15) is 4.79 Å². The molecule has 0 N–H and O–H groups in total. The number of carbonyl (C=O) groups excluding carboxylic acids is 1. The Hall–Kier alpha value is -1.39. The highest BCUT2D eigenvalue weighted by Gasteiger charge is 2.46. The van der Waals surface area contributed by atoms with Crippen LogP contribution in [0.1, 0.15) is 17.9 Å². The van der Waals surface area contributed by atoms with Crippen molar-refractivity contribution in [1.29, 1.82) is 0 Å². The van der Waals surface area contributed by atoms with Crippen LogP contribution in [0, 0.1) is 5.92 Å². The molecule has 16 heavy (non-hydrogen) atoms. The molecule has 0 heterocycles. The van der Waals surface area contributed by atoms with Crippen LogP contribution >= 0.6 is 0 Å². The Morgan fingerprint density at radius 2 is 1.88 bits per heavy atom. The number of nitrogens with zero attached hydrogens (tertiary/aromatic N) is 1. The predicted octanol–water partition coefficient (Wildman–Crippen LogP) is 1.74. The Balaban J connectivity index is 1.99. The molecule has 1 aliphatic carbocycles. The van der Waals surface area contributed by atoms with Gasteiger partial charge in [0.2, 0.25) is 0 Å². The molecule has 2 atom stereocenters. The summed E-state index contributed by atoms with van der Waals surface area (Å²) in [5.74, 6) is 0.183. The first kappa shape index (κ1) is 11.1. The number of hydrogen-bond acceptors (Lipinski definition) is 3. The number of hydrogen-bond donors (Lipinski definition) is 0. The molecule has 4 nitrogen and oxygen atoms in total. The molecule has 1 aromatic carbocycles. The maximum Gasteiger partial charge on any atom is 0.277 e. The standard InChI is InChI=1S/C12H15NO3/c1-15-13(16-2)12(14)11-8-10(11)9-6-4-3-5-7-9/h3-7,10-11H,8H2,1-2H3/t10-,11+/m0/s1. The molecule has 1 fully saturated rings. The van der Waals surface area contributed by atoms with Crippen LogP contribution in [0.25, 0.3) is 0 Å². The molecule has 0 radical (unpaired) electrons. The highest BCUT2D eigenvalue weighted by atomic mass is 16.9. The molecule has 0 saturated heterocycles. The second kappa shape index (κ2) is 4.63. The van der Waals surface area contributed by atoms with Gasteiger partial charge in [-0.1, -0.05) is 35.6 Å². The average Bonchev–Trinajstić information content (AvgIpc) is 3.11. The van der Waals surface area contributed by atoms with Crippen LogP contribution in [0.3, 0.4) is 0 Å². The number of benzene rings is 1. The van der Waals surface area contributed by atoms with E-state index >= 15 is 0 Å². The zero-order valence-electron chi connectivity index (χ0n) is 9.42. The van der Waals surface area contributed by atoms with Gasteiger partial charge in [-0.3, -0.25) is 4.79 Å². The summed E-state index contributed by atoms with van der Waals surface area (Å²) in [5, 5.41) is 0.938. The van der Waals surface area contributed by atoms with Crippen molar-refractivity contribution in [2.24, 2.45) is 5.92 Å². The molecule has 86 valence electrons. The van der Waals surface area contributed by atoms with Gasteiger partial charge in [-0.05, 0) is 17.9 Å². The SMILES string of the molecule is CON(OC)C(=O)[C@@H]1C[C@H]1c1ccccc1. The van der Waals surface area contributed by atoms with Gasteiger partial charge in [0, 0.05) is 0 Å². The Morgan fingerprint density at radius 1 is 1.25 bits per heavy atom. The van der Waals surface area contributed by atoms with Crippen LogP contribution in [0.4, 0.5) is 0 Å². The number of carbonyl (C=O) groups is 1. The summed E-state index contributed by atoms with van der Waals surface area (Å²) in [5.41, 5.74) is 1.20. The molecular formula is C12H15NO3. The van der Waals surface area contributed by atoms with Gasteiger partial charge in [-0.15, -0.1) is 0 Å². The Labute approximate surface area is 94.7 Å². The minimum Gasteiger partial charge on any atom is -0.270 e. The van der Waals surface area contributed by atoms with Gasteiger partial charge < -0.3 is 0 Å². The van der Waals surface area contributed by atoms with Crippen LogP contribution in [0.5, 0.6) is 0 Å². The summed E-state index contributed by atoms with van der Waals surface area (Å²) in [6.07, 6.45) is 0.867. The molecule has 0 spiro atoms. The van der Waals surface area contributed by atoms with Gasteiger partial charge in [0.05, 0.1) is 20.1 Å². The van der Waals surface area contributed by atoms with Crippen molar-refractivity contribution in [2.45, 2.75) is 12.3 Å². The second-order valence-electron chi connectivity index (χ2n) is 3.82. The lowest BCUT2D eigenvalue weighted by atomic mass is 10.1. The van der Waals surface area contributed by atoms with E-state index in [2.05, 4.69) is 0 Å². The summed E-state index contributed by atoms with van der Waals surface area (Å²) in [4.78, 5) is 21.4. The van der Waals surface area contributed by atoms with Gasteiger partial charge in [0.25, 0.3) is 5.91 Å². The molecule has 2 rings (SSSR count). The largest absolute Gasteiger partial charge is 0.277 e. The van der Waals surface area contributed by atoms with E-state index in [1.807, 2.05) is 30.3 Å². The van der Waals surface area contributed by atoms with E-state index in [1.54, 1.807) is 0 Å². The second-order valence-corrected chi connectivity index (χ2v) is 3.82. The molecule has 0 aromatic heterocycles. The molecule has 4 heteroatoms. The first-order chi connectivity index (χ1) is 7.77. The van der Waals surface area contributed by atoms with E-state index in [0.717, 1.165) is 11.6 Å². The third kappa shape index (κ3) is 2.08. The van der Waals surface area contributed by atoms with Crippen molar-refractivity contribution in [2.75, 3.05) is 14.2 Å². The molecule has 1 saturated carbocycles. The fourth-order valence-corrected chi connectivity index (χ4v) is 1.93. The van der Waals surface area contributed by atoms with Crippen LogP contribution in [0.15, 0.2) is 30.3 Å². The van der Waals surface area contributed by atoms with Crippen LogP contribution < -0.4 is 0 Å². The van der Waals surface area contributed by atoms with Gasteiger partial charge >= 0.3 is 0 Å². The molecular weight excluding hydrogens is 206 g/mol. The normalized spacial score (nSPS) is 22.9. The Kier molecular flexibility index (Phi) is 3.22. The van der Waals surface area contributed by atoms with Gasteiger partial charge in [0.15, 0.2) is 0 Å². The van der Waals surface area contributed by atoms with Crippen molar-refractivity contribution in [3.05, 3.63) is 35.9 Å². The number of hydroxylamine groups is 2. The monoisotopic (exact) mass is 221 g/mol. The van der Waals surface area contributed by atoms with Crippen molar-refractivity contribution in [1.82, 2.24) is 5.23 Å². The maximum atomic E-state index is 11.8. The molecule has 0 aliphatic heterocycles. The zero-order valence-corrected chi connectivity index (χ0v) is 9.42. The van der Waals surface area contributed by atoms with Gasteiger partial charge in [-0.25, -0.2) is 9.68 Å². The Morgan fingerprint density at radius 3 is 2.44 bits per heavy atom.